The van der Waals surface area contributed by atoms with Crippen LogP contribution in [0.4, 0.5) is 4.79 Å². The van der Waals surface area contributed by atoms with Gasteiger partial charge in [0.2, 0.25) is 5.91 Å². The number of rotatable bonds is 8. The largest absolute Gasteiger partial charge is 0.480 e. The Hall–Kier alpha value is -3.35. The fraction of sp³-hybridized carbons (Fsp3) is 0.464. The highest BCUT2D eigenvalue weighted by Crippen LogP contribution is 2.44. The summed E-state index contributed by atoms with van der Waals surface area (Å²) in [6, 6.07) is 16.3. The Labute approximate surface area is 206 Å². The minimum absolute atomic E-state index is 0.0366. The first-order chi connectivity index (χ1) is 16.8. The standard InChI is InChI=1S/C28H34N2O5/c1-3-30(16-25(31)32)26(33)28(14-12-19(2)13-15-28)18-29-27(34)35-17-24-22-10-6-4-8-20(22)21-9-5-7-11-23(21)24/h4-11,19,24H,3,12-18H2,1-2H3,(H,29,34)(H,31,32). The zero-order valence-corrected chi connectivity index (χ0v) is 20.5. The van der Waals surface area contributed by atoms with Crippen molar-refractivity contribution in [2.24, 2.45) is 11.3 Å². The number of carboxylic acids is 1. The van der Waals surface area contributed by atoms with Crippen LogP contribution in [0.1, 0.15) is 56.6 Å². The second-order valence-electron chi connectivity index (χ2n) is 9.86. The van der Waals surface area contributed by atoms with Gasteiger partial charge in [-0.2, -0.15) is 0 Å². The van der Waals surface area contributed by atoms with Gasteiger partial charge in [0.1, 0.15) is 13.2 Å². The summed E-state index contributed by atoms with van der Waals surface area (Å²) in [6.45, 7) is 4.26. The predicted octanol–water partition coefficient (Wildman–Crippen LogP) is 4.65. The predicted molar refractivity (Wildman–Crippen MR) is 133 cm³/mol. The Kier molecular flexibility index (Phi) is 7.43. The van der Waals surface area contributed by atoms with Gasteiger partial charge in [-0.3, -0.25) is 9.59 Å². The molecule has 7 nitrogen and oxygen atoms in total. The highest BCUT2D eigenvalue weighted by Gasteiger charge is 2.44. The number of fused-ring (bicyclic) bond motifs is 3. The maximum atomic E-state index is 13.4. The van der Waals surface area contributed by atoms with Crippen LogP contribution in [-0.4, -0.2) is 54.2 Å². The Bertz CT molecular complexity index is 1040. The van der Waals surface area contributed by atoms with Crippen molar-refractivity contribution in [3.63, 3.8) is 0 Å². The smallest absolute Gasteiger partial charge is 0.407 e. The van der Waals surface area contributed by atoms with E-state index in [9.17, 15) is 19.5 Å². The Balaban J connectivity index is 1.42. The van der Waals surface area contributed by atoms with Gasteiger partial charge in [0, 0.05) is 19.0 Å². The first-order valence-corrected chi connectivity index (χ1v) is 12.4. The van der Waals surface area contributed by atoms with Crippen molar-refractivity contribution in [1.29, 1.82) is 0 Å². The van der Waals surface area contributed by atoms with Crippen molar-refractivity contribution in [3.05, 3.63) is 59.7 Å². The molecule has 35 heavy (non-hydrogen) atoms. The molecule has 0 unspecified atom stereocenters. The van der Waals surface area contributed by atoms with Gasteiger partial charge in [0.15, 0.2) is 0 Å². The van der Waals surface area contributed by atoms with Crippen molar-refractivity contribution in [2.75, 3.05) is 26.2 Å². The molecule has 7 heteroatoms. The van der Waals surface area contributed by atoms with Crippen LogP contribution in [0.5, 0.6) is 0 Å². The number of likely N-dealkylation sites (N-methyl/N-ethyl adjacent to an activating group) is 1. The van der Waals surface area contributed by atoms with Crippen LogP contribution in [0.2, 0.25) is 0 Å². The molecule has 0 heterocycles. The average molecular weight is 479 g/mol. The number of hydrogen-bond acceptors (Lipinski definition) is 4. The van der Waals surface area contributed by atoms with Crippen LogP contribution < -0.4 is 5.32 Å². The van der Waals surface area contributed by atoms with E-state index in [1.165, 1.54) is 4.90 Å². The number of nitrogens with one attached hydrogen (secondary N) is 1. The molecule has 0 bridgehead atoms. The van der Waals surface area contributed by atoms with E-state index in [0.29, 0.717) is 25.3 Å². The molecular weight excluding hydrogens is 444 g/mol. The van der Waals surface area contributed by atoms with Crippen molar-refractivity contribution < 1.29 is 24.2 Å². The van der Waals surface area contributed by atoms with Crippen molar-refractivity contribution >= 4 is 18.0 Å². The van der Waals surface area contributed by atoms with Crippen molar-refractivity contribution in [1.82, 2.24) is 10.2 Å². The topological polar surface area (TPSA) is 95.9 Å². The van der Waals surface area contributed by atoms with E-state index >= 15 is 0 Å². The van der Waals surface area contributed by atoms with E-state index in [2.05, 4.69) is 36.5 Å². The summed E-state index contributed by atoms with van der Waals surface area (Å²) in [4.78, 5) is 38.8. The van der Waals surface area contributed by atoms with Crippen LogP contribution in [0.3, 0.4) is 0 Å². The van der Waals surface area contributed by atoms with Gasteiger partial charge in [-0.1, -0.05) is 55.5 Å². The molecule has 0 aromatic heterocycles. The van der Waals surface area contributed by atoms with Gasteiger partial charge in [0.05, 0.1) is 5.41 Å². The molecular formula is C28H34N2O5. The third-order valence-electron chi connectivity index (χ3n) is 7.59. The van der Waals surface area contributed by atoms with Crippen LogP contribution in [0, 0.1) is 11.3 Å². The third kappa shape index (κ3) is 5.19. The number of benzene rings is 2. The number of ether oxygens (including phenoxy) is 1. The lowest BCUT2D eigenvalue weighted by molar-refractivity contribution is -0.151. The summed E-state index contributed by atoms with van der Waals surface area (Å²) in [5.74, 6) is -0.775. The summed E-state index contributed by atoms with van der Waals surface area (Å²) in [5, 5.41) is 12.1. The molecule has 0 radical (unpaired) electrons. The molecule has 186 valence electrons. The monoisotopic (exact) mass is 478 g/mol. The normalized spacial score (nSPS) is 21.0. The van der Waals surface area contributed by atoms with Crippen molar-refractivity contribution in [3.8, 4) is 11.1 Å². The molecule has 2 aliphatic rings. The second kappa shape index (κ2) is 10.5. The molecule has 2 aromatic carbocycles. The quantitative estimate of drug-likeness (QED) is 0.576. The summed E-state index contributed by atoms with van der Waals surface area (Å²) in [6.07, 6.45) is 2.41. The van der Waals surface area contributed by atoms with Gasteiger partial charge < -0.3 is 20.1 Å². The maximum absolute atomic E-state index is 13.4. The third-order valence-corrected chi connectivity index (χ3v) is 7.59. The molecule has 2 amide bonds. The summed E-state index contributed by atoms with van der Waals surface area (Å²) in [7, 11) is 0. The number of nitrogens with zero attached hydrogens (tertiary/aromatic N) is 1. The Morgan fingerprint density at radius 1 is 1.03 bits per heavy atom. The van der Waals surface area contributed by atoms with Gasteiger partial charge in [0.25, 0.3) is 0 Å². The van der Waals surface area contributed by atoms with Crippen LogP contribution in [-0.2, 0) is 14.3 Å². The zero-order chi connectivity index (χ0) is 25.0. The summed E-state index contributed by atoms with van der Waals surface area (Å²) >= 11 is 0. The average Bonchev–Trinajstić information content (AvgIpc) is 3.19. The van der Waals surface area contributed by atoms with E-state index in [-0.39, 0.29) is 31.5 Å². The maximum Gasteiger partial charge on any atom is 0.407 e. The molecule has 2 aromatic rings. The fourth-order valence-electron chi connectivity index (χ4n) is 5.50. The lowest BCUT2D eigenvalue weighted by atomic mass is 9.69. The number of carboxylic acid groups (broad SMARTS) is 1. The van der Waals surface area contributed by atoms with Crippen molar-refractivity contribution in [2.45, 2.75) is 45.4 Å². The highest BCUT2D eigenvalue weighted by molar-refractivity contribution is 5.87. The number of carbonyl (C=O) groups excluding carboxylic acids is 2. The molecule has 1 fully saturated rings. The summed E-state index contributed by atoms with van der Waals surface area (Å²) < 4.78 is 5.66. The van der Waals surface area contributed by atoms with Gasteiger partial charge in [-0.25, -0.2) is 4.79 Å². The molecule has 0 saturated heterocycles. The second-order valence-corrected chi connectivity index (χ2v) is 9.86. The SMILES string of the molecule is CCN(CC(=O)O)C(=O)C1(CNC(=O)OCC2c3ccccc3-c3ccccc32)CCC(C)CC1. The van der Waals surface area contributed by atoms with Crippen LogP contribution in [0.25, 0.3) is 11.1 Å². The lowest BCUT2D eigenvalue weighted by Crippen LogP contribution is -2.52. The number of carbonyl (C=O) groups is 3. The summed E-state index contributed by atoms with van der Waals surface area (Å²) in [5.41, 5.74) is 3.80. The first-order valence-electron chi connectivity index (χ1n) is 12.4. The van der Waals surface area contributed by atoms with Gasteiger partial charge in [-0.15, -0.1) is 0 Å². The van der Waals surface area contributed by atoms with E-state index in [1.807, 2.05) is 24.3 Å². The number of aliphatic carboxylic acids is 1. The number of amides is 2. The molecule has 4 rings (SSSR count). The minimum Gasteiger partial charge on any atom is -0.480 e. The van der Waals surface area contributed by atoms with E-state index in [4.69, 9.17) is 4.74 Å². The van der Waals surface area contributed by atoms with E-state index in [1.54, 1.807) is 6.92 Å². The highest BCUT2D eigenvalue weighted by atomic mass is 16.5. The Morgan fingerprint density at radius 2 is 1.60 bits per heavy atom. The molecule has 0 atom stereocenters. The molecule has 2 N–H and O–H groups in total. The van der Waals surface area contributed by atoms with Crippen LogP contribution >= 0.6 is 0 Å². The van der Waals surface area contributed by atoms with Gasteiger partial charge >= 0.3 is 12.1 Å². The van der Waals surface area contributed by atoms with E-state index < -0.39 is 17.5 Å². The number of alkyl carbamates (subject to hydrolysis) is 1. The molecule has 2 aliphatic carbocycles. The molecule has 1 saturated carbocycles. The van der Waals surface area contributed by atoms with Crippen LogP contribution in [0.15, 0.2) is 48.5 Å². The fourth-order valence-corrected chi connectivity index (χ4v) is 5.50. The van der Waals surface area contributed by atoms with E-state index in [0.717, 1.165) is 35.1 Å². The minimum atomic E-state index is -1.04. The first kappa shape index (κ1) is 24.8. The Morgan fingerprint density at radius 3 is 2.14 bits per heavy atom. The lowest BCUT2D eigenvalue weighted by Gasteiger charge is -2.40. The zero-order valence-electron chi connectivity index (χ0n) is 20.5. The van der Waals surface area contributed by atoms with Gasteiger partial charge in [-0.05, 0) is 60.8 Å². The molecule has 0 aliphatic heterocycles. The molecule has 0 spiro atoms. The number of hydrogen-bond donors (Lipinski definition) is 2.